The van der Waals surface area contributed by atoms with E-state index < -0.39 is 15.1 Å². The van der Waals surface area contributed by atoms with Gasteiger partial charge >= 0.3 is 0 Å². The molecule has 7 heteroatoms. The van der Waals surface area contributed by atoms with Crippen LogP contribution in [0.1, 0.15) is 16.8 Å². The number of nitrogens with zero attached hydrogens (tertiary/aromatic N) is 1. The minimum absolute atomic E-state index is 0.0792. The number of carbonyl (C=O) groups is 1. The summed E-state index contributed by atoms with van der Waals surface area (Å²) in [6.45, 7) is 1.17. The second-order valence-corrected chi connectivity index (χ2v) is 7.95. The molecule has 0 radical (unpaired) electrons. The number of para-hydroxylation sites is 1. The van der Waals surface area contributed by atoms with E-state index in [2.05, 4.69) is 0 Å². The number of likely N-dealkylation sites (tertiary alicyclic amines) is 1. The molecule has 1 aromatic rings. The molecule has 0 aliphatic carbocycles. The van der Waals surface area contributed by atoms with Crippen molar-refractivity contribution in [3.8, 4) is 11.5 Å². The Bertz CT molecular complexity index is 714. The van der Waals surface area contributed by atoms with E-state index in [4.69, 9.17) is 9.47 Å². The molecule has 1 aromatic carbocycles. The van der Waals surface area contributed by atoms with Gasteiger partial charge in [-0.05, 0) is 18.6 Å². The summed E-state index contributed by atoms with van der Waals surface area (Å²) in [5, 5.41) is -0.400. The van der Waals surface area contributed by atoms with Gasteiger partial charge < -0.3 is 14.4 Å². The summed E-state index contributed by atoms with van der Waals surface area (Å²) in [4.78, 5) is 14.4. The minimum Gasteiger partial charge on any atom is -0.486 e. The molecule has 0 N–H and O–H groups in total. The Hall–Kier alpha value is -1.76. The van der Waals surface area contributed by atoms with Gasteiger partial charge in [0.1, 0.15) is 13.2 Å². The van der Waals surface area contributed by atoms with Gasteiger partial charge in [0.25, 0.3) is 5.91 Å². The zero-order valence-corrected chi connectivity index (χ0v) is 12.1. The van der Waals surface area contributed by atoms with Crippen molar-refractivity contribution in [2.24, 2.45) is 0 Å². The summed E-state index contributed by atoms with van der Waals surface area (Å²) >= 11 is 0. The fourth-order valence-electron chi connectivity index (χ4n) is 3.34. The van der Waals surface area contributed by atoms with E-state index in [1.165, 1.54) is 0 Å². The summed E-state index contributed by atoms with van der Waals surface area (Å²) in [7, 11) is -3.00. The number of fused-ring (bicyclic) bond motifs is 3. The molecule has 21 heavy (non-hydrogen) atoms. The van der Waals surface area contributed by atoms with Crippen molar-refractivity contribution >= 4 is 15.7 Å². The maximum atomic E-state index is 12.7. The molecule has 112 valence electrons. The van der Waals surface area contributed by atoms with Crippen molar-refractivity contribution in [2.45, 2.75) is 17.7 Å². The van der Waals surface area contributed by atoms with E-state index in [0.29, 0.717) is 36.7 Å². The van der Waals surface area contributed by atoms with Crippen LogP contribution in [-0.2, 0) is 9.84 Å². The lowest BCUT2D eigenvalue weighted by Gasteiger charge is -2.28. The summed E-state index contributed by atoms with van der Waals surface area (Å²) in [6.07, 6.45) is 0.556. The number of amides is 1. The van der Waals surface area contributed by atoms with E-state index in [-0.39, 0.29) is 24.2 Å². The van der Waals surface area contributed by atoms with Crippen molar-refractivity contribution in [1.82, 2.24) is 4.90 Å². The standard InChI is InChI=1S/C14H15NO5S/c16-14(15-7-10-6-9(15)8-21(10,17)18)11-2-1-3-12-13(11)20-5-4-19-12/h1-3,9-10H,4-8H2. The number of sulfone groups is 1. The number of benzene rings is 1. The van der Waals surface area contributed by atoms with Gasteiger partial charge in [-0.1, -0.05) is 6.07 Å². The molecule has 3 heterocycles. The monoisotopic (exact) mass is 309 g/mol. The minimum atomic E-state index is -3.00. The molecule has 0 saturated carbocycles. The second kappa shape index (κ2) is 4.37. The topological polar surface area (TPSA) is 72.9 Å². The Balaban J connectivity index is 1.65. The molecule has 2 unspecified atom stereocenters. The van der Waals surface area contributed by atoms with Gasteiger partial charge in [-0.2, -0.15) is 0 Å². The van der Waals surface area contributed by atoms with Crippen molar-refractivity contribution in [2.75, 3.05) is 25.5 Å². The lowest BCUT2D eigenvalue weighted by molar-refractivity contribution is 0.0735. The molecule has 4 rings (SSSR count). The van der Waals surface area contributed by atoms with Crippen LogP contribution in [0.3, 0.4) is 0 Å². The molecule has 1 amide bonds. The highest BCUT2D eigenvalue weighted by Crippen LogP contribution is 2.38. The number of rotatable bonds is 1. The summed E-state index contributed by atoms with van der Waals surface area (Å²) < 4.78 is 34.6. The number of hydrogen-bond acceptors (Lipinski definition) is 5. The number of hydrogen-bond donors (Lipinski definition) is 0. The molecule has 3 aliphatic rings. The zero-order valence-electron chi connectivity index (χ0n) is 11.3. The molecule has 3 aliphatic heterocycles. The fraction of sp³-hybridized carbons (Fsp3) is 0.500. The molecule has 6 nitrogen and oxygen atoms in total. The van der Waals surface area contributed by atoms with Crippen molar-refractivity contribution in [3.63, 3.8) is 0 Å². The van der Waals surface area contributed by atoms with Crippen LogP contribution in [0.5, 0.6) is 11.5 Å². The number of carbonyl (C=O) groups excluding carboxylic acids is 1. The molecule has 2 fully saturated rings. The Morgan fingerprint density at radius 1 is 1.24 bits per heavy atom. The van der Waals surface area contributed by atoms with Crippen LogP contribution < -0.4 is 9.47 Å². The molecular weight excluding hydrogens is 294 g/mol. The quantitative estimate of drug-likeness (QED) is 0.754. The maximum Gasteiger partial charge on any atom is 0.258 e. The van der Waals surface area contributed by atoms with Gasteiger partial charge in [-0.3, -0.25) is 4.79 Å². The molecule has 2 saturated heterocycles. The lowest BCUT2D eigenvalue weighted by Crippen LogP contribution is -2.44. The van der Waals surface area contributed by atoms with Gasteiger partial charge in [0.05, 0.1) is 16.6 Å². The average Bonchev–Trinajstić information content (AvgIpc) is 3.01. The summed E-state index contributed by atoms with van der Waals surface area (Å²) in [5.41, 5.74) is 0.456. The predicted octanol–water partition coefficient (Wildman–Crippen LogP) is 0.469. The smallest absolute Gasteiger partial charge is 0.258 e. The maximum absolute atomic E-state index is 12.7. The third-order valence-corrected chi connectivity index (χ3v) is 6.57. The number of ether oxygens (including phenoxy) is 2. The van der Waals surface area contributed by atoms with Gasteiger partial charge in [-0.15, -0.1) is 0 Å². The van der Waals surface area contributed by atoms with Gasteiger partial charge in [0.15, 0.2) is 21.3 Å². The normalized spacial score (nSPS) is 28.7. The predicted molar refractivity (Wildman–Crippen MR) is 74.4 cm³/mol. The first-order chi connectivity index (χ1) is 10.1. The first kappa shape index (κ1) is 12.9. The van der Waals surface area contributed by atoms with Crippen LogP contribution in [0.25, 0.3) is 0 Å². The van der Waals surface area contributed by atoms with Crippen LogP contribution in [-0.4, -0.2) is 56.0 Å². The fourth-order valence-corrected chi connectivity index (χ4v) is 5.37. The van der Waals surface area contributed by atoms with E-state index in [1.807, 2.05) is 0 Å². The average molecular weight is 309 g/mol. The molecule has 0 spiro atoms. The van der Waals surface area contributed by atoms with Gasteiger partial charge in [0, 0.05) is 12.6 Å². The van der Waals surface area contributed by atoms with E-state index in [1.54, 1.807) is 23.1 Å². The SMILES string of the molecule is O=C(c1cccc2c1OCCO2)N1CC2CC1CS2(=O)=O. The molecule has 0 aromatic heterocycles. The Morgan fingerprint density at radius 3 is 2.76 bits per heavy atom. The van der Waals surface area contributed by atoms with Crippen molar-refractivity contribution in [1.29, 1.82) is 0 Å². The second-order valence-electron chi connectivity index (χ2n) is 5.63. The van der Waals surface area contributed by atoms with E-state index in [0.717, 1.165) is 0 Å². The first-order valence-corrected chi connectivity index (χ1v) is 8.69. The van der Waals surface area contributed by atoms with E-state index in [9.17, 15) is 13.2 Å². The molecule has 2 bridgehead atoms. The van der Waals surface area contributed by atoms with Crippen LogP contribution in [0, 0.1) is 0 Å². The highest BCUT2D eigenvalue weighted by atomic mass is 32.2. The van der Waals surface area contributed by atoms with Crippen molar-refractivity contribution in [3.05, 3.63) is 23.8 Å². The lowest BCUT2D eigenvalue weighted by atomic mass is 10.1. The zero-order chi connectivity index (χ0) is 14.6. The summed E-state index contributed by atoms with van der Waals surface area (Å²) in [6, 6.07) is 5.03. The Kier molecular flexibility index (Phi) is 2.69. The first-order valence-electron chi connectivity index (χ1n) is 6.97. The van der Waals surface area contributed by atoms with Crippen LogP contribution in [0.4, 0.5) is 0 Å². The van der Waals surface area contributed by atoms with Gasteiger partial charge in [-0.25, -0.2) is 8.42 Å². The Labute approximate surface area is 122 Å². The Morgan fingerprint density at radius 2 is 2.05 bits per heavy atom. The van der Waals surface area contributed by atoms with Crippen LogP contribution in [0.2, 0.25) is 0 Å². The summed E-state index contributed by atoms with van der Waals surface area (Å²) in [5.74, 6) is 0.957. The van der Waals surface area contributed by atoms with Gasteiger partial charge in [0.2, 0.25) is 0 Å². The third-order valence-electron chi connectivity index (χ3n) is 4.37. The van der Waals surface area contributed by atoms with Crippen molar-refractivity contribution < 1.29 is 22.7 Å². The van der Waals surface area contributed by atoms with E-state index >= 15 is 0 Å². The third kappa shape index (κ3) is 1.91. The van der Waals surface area contributed by atoms with Crippen LogP contribution >= 0.6 is 0 Å². The molecular formula is C14H15NO5S. The van der Waals surface area contributed by atoms with Crippen LogP contribution in [0.15, 0.2) is 18.2 Å². The highest BCUT2D eigenvalue weighted by Gasteiger charge is 2.50. The molecule has 2 atom stereocenters. The highest BCUT2D eigenvalue weighted by molar-refractivity contribution is 7.92. The largest absolute Gasteiger partial charge is 0.486 e.